The van der Waals surface area contributed by atoms with Crippen LogP contribution in [0.2, 0.25) is 0 Å². The molecule has 0 atom stereocenters. The smallest absolute Gasteiger partial charge is 0.225 e. The fourth-order valence-corrected chi connectivity index (χ4v) is 1.14. The van der Waals surface area contributed by atoms with Crippen LogP contribution in [-0.2, 0) is 6.54 Å². The minimum atomic E-state index is 0.107. The van der Waals surface area contributed by atoms with Crippen molar-refractivity contribution >= 4 is 5.95 Å². The standard InChI is InChI=1S/C9H16N4O/c1-2-13(3-4-14)9-11-6-8(5-10)7-12-9/h6-7,14H,2-5,10H2,1H3. The van der Waals surface area contributed by atoms with Crippen molar-refractivity contribution in [3.63, 3.8) is 0 Å². The van der Waals surface area contributed by atoms with Crippen LogP contribution in [0.5, 0.6) is 0 Å². The van der Waals surface area contributed by atoms with E-state index in [4.69, 9.17) is 10.8 Å². The third-order valence-electron chi connectivity index (χ3n) is 1.96. The Morgan fingerprint density at radius 1 is 1.43 bits per heavy atom. The zero-order valence-corrected chi connectivity index (χ0v) is 8.35. The molecule has 0 radical (unpaired) electrons. The number of hydrogen-bond donors (Lipinski definition) is 2. The Kier molecular flexibility index (Phi) is 4.28. The predicted octanol–water partition coefficient (Wildman–Crippen LogP) is -0.246. The maximum atomic E-state index is 8.81. The molecule has 3 N–H and O–H groups in total. The minimum Gasteiger partial charge on any atom is -0.395 e. The van der Waals surface area contributed by atoms with Gasteiger partial charge in [-0.1, -0.05) is 0 Å². The largest absolute Gasteiger partial charge is 0.395 e. The summed E-state index contributed by atoms with van der Waals surface area (Å²) in [5.74, 6) is 0.638. The molecule has 0 bridgehead atoms. The maximum Gasteiger partial charge on any atom is 0.225 e. The number of anilines is 1. The normalized spacial score (nSPS) is 10.2. The second-order valence-corrected chi connectivity index (χ2v) is 2.90. The molecule has 5 nitrogen and oxygen atoms in total. The van der Waals surface area contributed by atoms with Crippen molar-refractivity contribution in [1.29, 1.82) is 0 Å². The molecule has 5 heteroatoms. The predicted molar refractivity (Wildman–Crippen MR) is 54.9 cm³/mol. The van der Waals surface area contributed by atoms with Crippen LogP contribution in [0.4, 0.5) is 5.95 Å². The SMILES string of the molecule is CCN(CCO)c1ncc(CN)cn1. The van der Waals surface area contributed by atoms with E-state index in [1.165, 1.54) is 0 Å². The van der Waals surface area contributed by atoms with Crippen molar-refractivity contribution in [2.24, 2.45) is 5.73 Å². The number of aliphatic hydroxyl groups excluding tert-OH is 1. The summed E-state index contributed by atoms with van der Waals surface area (Å²) in [5, 5.41) is 8.81. The first-order valence-corrected chi connectivity index (χ1v) is 4.68. The van der Waals surface area contributed by atoms with Gasteiger partial charge >= 0.3 is 0 Å². The van der Waals surface area contributed by atoms with E-state index < -0.39 is 0 Å². The average molecular weight is 196 g/mol. The van der Waals surface area contributed by atoms with Gasteiger partial charge in [0.1, 0.15) is 0 Å². The van der Waals surface area contributed by atoms with Gasteiger partial charge in [-0.25, -0.2) is 9.97 Å². The third kappa shape index (κ3) is 2.65. The number of rotatable bonds is 5. The van der Waals surface area contributed by atoms with Gasteiger partial charge in [-0.2, -0.15) is 0 Å². The molecule has 0 amide bonds. The number of nitrogens with zero attached hydrogens (tertiary/aromatic N) is 3. The van der Waals surface area contributed by atoms with Crippen LogP contribution in [0.15, 0.2) is 12.4 Å². The average Bonchev–Trinajstić information content (AvgIpc) is 2.26. The summed E-state index contributed by atoms with van der Waals surface area (Å²) in [6.07, 6.45) is 3.42. The summed E-state index contributed by atoms with van der Waals surface area (Å²) in [7, 11) is 0. The van der Waals surface area contributed by atoms with Crippen LogP contribution >= 0.6 is 0 Å². The highest BCUT2D eigenvalue weighted by molar-refractivity contribution is 5.29. The van der Waals surface area contributed by atoms with Gasteiger partial charge in [0.25, 0.3) is 0 Å². The van der Waals surface area contributed by atoms with Gasteiger partial charge in [0.15, 0.2) is 0 Å². The first kappa shape index (κ1) is 10.9. The molecule has 0 spiro atoms. The van der Waals surface area contributed by atoms with Gasteiger partial charge in [-0.05, 0) is 6.92 Å². The van der Waals surface area contributed by atoms with Gasteiger partial charge in [0.2, 0.25) is 5.95 Å². The molecule has 78 valence electrons. The van der Waals surface area contributed by atoms with E-state index in [2.05, 4.69) is 9.97 Å². The van der Waals surface area contributed by atoms with Gasteiger partial charge in [-0.15, -0.1) is 0 Å². The highest BCUT2D eigenvalue weighted by atomic mass is 16.3. The molecule has 0 saturated carbocycles. The van der Waals surface area contributed by atoms with Crippen LogP contribution < -0.4 is 10.6 Å². The first-order valence-electron chi connectivity index (χ1n) is 4.68. The molecule has 0 saturated heterocycles. The van der Waals surface area contributed by atoms with Gasteiger partial charge in [0.05, 0.1) is 6.61 Å². The summed E-state index contributed by atoms with van der Waals surface area (Å²) in [6.45, 7) is 3.89. The number of likely N-dealkylation sites (N-methyl/N-ethyl adjacent to an activating group) is 1. The van der Waals surface area contributed by atoms with Crippen LogP contribution in [0.25, 0.3) is 0 Å². The van der Waals surface area contributed by atoms with E-state index >= 15 is 0 Å². The molecule has 1 heterocycles. The molecule has 14 heavy (non-hydrogen) atoms. The van der Waals surface area contributed by atoms with Crippen LogP contribution in [0.3, 0.4) is 0 Å². The summed E-state index contributed by atoms with van der Waals surface area (Å²) in [5.41, 5.74) is 6.34. The van der Waals surface area contributed by atoms with Crippen molar-refractivity contribution < 1.29 is 5.11 Å². The minimum absolute atomic E-state index is 0.107. The lowest BCUT2D eigenvalue weighted by atomic mass is 10.3. The number of nitrogens with two attached hydrogens (primary N) is 1. The number of hydrogen-bond acceptors (Lipinski definition) is 5. The highest BCUT2D eigenvalue weighted by Crippen LogP contribution is 2.05. The van der Waals surface area contributed by atoms with Crippen molar-refractivity contribution in [3.05, 3.63) is 18.0 Å². The second kappa shape index (κ2) is 5.51. The lowest BCUT2D eigenvalue weighted by Gasteiger charge is -2.19. The van der Waals surface area contributed by atoms with Crippen LogP contribution in [0.1, 0.15) is 12.5 Å². The molecular formula is C9H16N4O. The molecule has 0 aromatic carbocycles. The zero-order valence-electron chi connectivity index (χ0n) is 8.35. The van der Waals surface area contributed by atoms with Crippen molar-refractivity contribution in [3.8, 4) is 0 Å². The Morgan fingerprint density at radius 3 is 2.50 bits per heavy atom. The molecule has 0 aliphatic rings. The fourth-order valence-electron chi connectivity index (χ4n) is 1.14. The Bertz CT molecular complexity index is 262. The Morgan fingerprint density at radius 2 is 2.07 bits per heavy atom. The number of aromatic nitrogens is 2. The van der Waals surface area contributed by atoms with E-state index in [0.717, 1.165) is 12.1 Å². The summed E-state index contributed by atoms with van der Waals surface area (Å²) in [4.78, 5) is 10.2. The quantitative estimate of drug-likeness (QED) is 0.679. The highest BCUT2D eigenvalue weighted by Gasteiger charge is 2.05. The lowest BCUT2D eigenvalue weighted by Crippen LogP contribution is -2.28. The maximum absolute atomic E-state index is 8.81. The molecule has 1 aromatic heterocycles. The summed E-state index contributed by atoms with van der Waals surface area (Å²) < 4.78 is 0. The molecule has 0 unspecified atom stereocenters. The molecule has 0 aliphatic heterocycles. The Balaban J connectivity index is 2.73. The monoisotopic (exact) mass is 196 g/mol. The molecular weight excluding hydrogens is 180 g/mol. The van der Waals surface area contributed by atoms with Crippen LogP contribution in [-0.4, -0.2) is 34.8 Å². The molecule has 0 aliphatic carbocycles. The van der Waals surface area contributed by atoms with E-state index in [-0.39, 0.29) is 6.61 Å². The van der Waals surface area contributed by atoms with E-state index in [0.29, 0.717) is 19.0 Å². The molecule has 1 rings (SSSR count). The van der Waals surface area contributed by atoms with E-state index in [9.17, 15) is 0 Å². The van der Waals surface area contributed by atoms with Gasteiger partial charge in [0, 0.05) is 37.6 Å². The lowest BCUT2D eigenvalue weighted by molar-refractivity contribution is 0.301. The first-order chi connectivity index (χ1) is 6.81. The van der Waals surface area contributed by atoms with E-state index in [1.54, 1.807) is 12.4 Å². The topological polar surface area (TPSA) is 75.3 Å². The Hall–Kier alpha value is -1.20. The molecule has 0 fully saturated rings. The Labute approximate surface area is 83.6 Å². The fraction of sp³-hybridized carbons (Fsp3) is 0.556. The van der Waals surface area contributed by atoms with E-state index in [1.807, 2.05) is 11.8 Å². The van der Waals surface area contributed by atoms with Crippen molar-refractivity contribution in [2.75, 3.05) is 24.6 Å². The zero-order chi connectivity index (χ0) is 10.4. The van der Waals surface area contributed by atoms with Gasteiger partial charge < -0.3 is 15.7 Å². The van der Waals surface area contributed by atoms with Crippen LogP contribution in [0, 0.1) is 0 Å². The van der Waals surface area contributed by atoms with Crippen molar-refractivity contribution in [1.82, 2.24) is 9.97 Å². The third-order valence-corrected chi connectivity index (χ3v) is 1.96. The second-order valence-electron chi connectivity index (χ2n) is 2.90. The van der Waals surface area contributed by atoms with Crippen molar-refractivity contribution in [2.45, 2.75) is 13.5 Å². The molecule has 1 aromatic rings. The summed E-state index contributed by atoms with van der Waals surface area (Å²) in [6, 6.07) is 0. The summed E-state index contributed by atoms with van der Waals surface area (Å²) >= 11 is 0. The number of aliphatic hydroxyl groups is 1. The van der Waals surface area contributed by atoms with Gasteiger partial charge in [-0.3, -0.25) is 0 Å².